The van der Waals surface area contributed by atoms with Gasteiger partial charge >= 0.3 is 182 Å². The van der Waals surface area contributed by atoms with E-state index < -0.39 is 20.3 Å². The zero-order valence-electron chi connectivity index (χ0n) is 18.3. The SMILES string of the molecule is CC1=CCC(C)=[C]1[Zr]([CH2]c1ccccc1)([CH2]c1ccccc1)[C]1=C(C)CC=C1C. The molecule has 0 spiro atoms. The third-order valence-corrected chi connectivity index (χ3v) is 20.4. The van der Waals surface area contributed by atoms with E-state index in [0.717, 1.165) is 12.8 Å². The van der Waals surface area contributed by atoms with E-state index in [-0.39, 0.29) is 0 Å². The Kier molecular flexibility index (Phi) is 6.07. The van der Waals surface area contributed by atoms with Crippen LogP contribution in [-0.2, 0) is 28.5 Å². The molecule has 1 heteroatoms. The fraction of sp³-hybridized carbons (Fsp3) is 0.286. The summed E-state index contributed by atoms with van der Waals surface area (Å²) in [5.74, 6) is 0. The molecule has 0 saturated heterocycles. The van der Waals surface area contributed by atoms with Crippen molar-refractivity contribution in [1.29, 1.82) is 0 Å². The van der Waals surface area contributed by atoms with E-state index in [1.165, 1.54) is 19.4 Å². The molecule has 0 heterocycles. The molecule has 0 atom stereocenters. The summed E-state index contributed by atoms with van der Waals surface area (Å²) in [6.45, 7) is 9.54. The van der Waals surface area contributed by atoms with Gasteiger partial charge in [0.15, 0.2) is 0 Å². The summed E-state index contributed by atoms with van der Waals surface area (Å²) in [5.41, 5.74) is 9.41. The molecule has 0 fully saturated rings. The molecule has 2 aromatic carbocycles. The van der Waals surface area contributed by atoms with Crippen molar-refractivity contribution in [2.45, 2.75) is 48.8 Å². The zero-order chi connectivity index (χ0) is 20.4. The Hall–Kier alpha value is -1.72. The molecule has 2 aromatic rings. The minimum atomic E-state index is -3.07. The monoisotopic (exact) mass is 458 g/mol. The molecule has 0 aliphatic heterocycles. The third kappa shape index (κ3) is 4.00. The Bertz CT molecular complexity index is 931. The molecule has 2 aliphatic rings. The molecule has 0 N–H and O–H groups in total. The Labute approximate surface area is 181 Å². The quantitative estimate of drug-likeness (QED) is 0.413. The van der Waals surface area contributed by atoms with E-state index in [1.54, 1.807) is 28.9 Å². The first-order valence-corrected chi connectivity index (χ1v) is 16.8. The molecular formula is C28H32Zr. The molecule has 0 aromatic heterocycles. The van der Waals surface area contributed by atoms with Crippen molar-refractivity contribution in [2.75, 3.05) is 0 Å². The Morgan fingerprint density at radius 1 is 0.586 bits per heavy atom. The van der Waals surface area contributed by atoms with Gasteiger partial charge < -0.3 is 0 Å². The molecule has 148 valence electrons. The van der Waals surface area contributed by atoms with Crippen LogP contribution in [0, 0.1) is 0 Å². The van der Waals surface area contributed by atoms with Gasteiger partial charge in [0.25, 0.3) is 0 Å². The first-order chi connectivity index (χ1) is 14.0. The van der Waals surface area contributed by atoms with Crippen molar-refractivity contribution in [1.82, 2.24) is 0 Å². The first-order valence-electron chi connectivity index (χ1n) is 10.8. The van der Waals surface area contributed by atoms with Crippen molar-refractivity contribution in [3.05, 3.63) is 113 Å². The van der Waals surface area contributed by atoms with Gasteiger partial charge in [-0.05, 0) is 0 Å². The van der Waals surface area contributed by atoms with Crippen LogP contribution in [0.4, 0.5) is 0 Å². The second kappa shape index (κ2) is 8.57. The summed E-state index contributed by atoms with van der Waals surface area (Å²) in [6, 6.07) is 22.6. The molecule has 0 unspecified atom stereocenters. The van der Waals surface area contributed by atoms with E-state index >= 15 is 0 Å². The van der Waals surface area contributed by atoms with Crippen LogP contribution in [0.15, 0.2) is 102 Å². The van der Waals surface area contributed by atoms with Gasteiger partial charge in [-0.15, -0.1) is 0 Å². The molecule has 4 rings (SSSR count). The van der Waals surface area contributed by atoms with Crippen molar-refractivity contribution in [2.24, 2.45) is 0 Å². The number of hydrogen-bond acceptors (Lipinski definition) is 0. The van der Waals surface area contributed by atoms with E-state index in [9.17, 15) is 0 Å². The normalized spacial score (nSPS) is 17.1. The number of hydrogen-bond donors (Lipinski definition) is 0. The van der Waals surface area contributed by atoms with Crippen LogP contribution in [0.25, 0.3) is 0 Å². The predicted molar refractivity (Wildman–Crippen MR) is 122 cm³/mol. The van der Waals surface area contributed by atoms with E-state index in [2.05, 4.69) is 101 Å². The van der Waals surface area contributed by atoms with Gasteiger partial charge in [-0.1, -0.05) is 0 Å². The van der Waals surface area contributed by atoms with Crippen molar-refractivity contribution in [3.8, 4) is 0 Å². The minimum absolute atomic E-state index is 1.14. The second-order valence-electron chi connectivity index (χ2n) is 8.90. The van der Waals surface area contributed by atoms with Gasteiger partial charge in [-0.2, -0.15) is 0 Å². The summed E-state index contributed by atoms with van der Waals surface area (Å²) in [6.07, 6.45) is 7.24. The van der Waals surface area contributed by atoms with Crippen LogP contribution >= 0.6 is 0 Å². The van der Waals surface area contributed by atoms with Crippen LogP contribution < -0.4 is 0 Å². The molecule has 0 radical (unpaired) electrons. The van der Waals surface area contributed by atoms with Gasteiger partial charge in [0.05, 0.1) is 0 Å². The Morgan fingerprint density at radius 3 is 1.28 bits per heavy atom. The van der Waals surface area contributed by atoms with Crippen LogP contribution in [0.5, 0.6) is 0 Å². The van der Waals surface area contributed by atoms with Crippen molar-refractivity contribution in [3.63, 3.8) is 0 Å². The van der Waals surface area contributed by atoms with Gasteiger partial charge in [0.1, 0.15) is 0 Å². The Balaban J connectivity index is 1.97. The first kappa shape index (κ1) is 20.6. The van der Waals surface area contributed by atoms with E-state index in [0.29, 0.717) is 0 Å². The maximum absolute atomic E-state index is 3.07. The average molecular weight is 460 g/mol. The van der Waals surface area contributed by atoms with Crippen molar-refractivity contribution >= 4 is 0 Å². The molecule has 0 amide bonds. The standard InChI is InChI=1S/2C7H9.2C7H7.Zr/c2*1-6-3-4-7(2)5-6;2*1-7-5-3-2-4-6-7;/h2*3H,4H2,1-2H3;2*2-6H,1H2;. The molecular weight excluding hydrogens is 428 g/mol. The van der Waals surface area contributed by atoms with E-state index in [1.807, 2.05) is 0 Å². The summed E-state index contributed by atoms with van der Waals surface area (Å²) >= 11 is -3.07. The Morgan fingerprint density at radius 2 is 0.966 bits per heavy atom. The average Bonchev–Trinajstić information content (AvgIpc) is 3.24. The topological polar surface area (TPSA) is 0 Å². The zero-order valence-corrected chi connectivity index (χ0v) is 20.7. The second-order valence-corrected chi connectivity index (χ2v) is 18.4. The number of benzene rings is 2. The predicted octanol–water partition coefficient (Wildman–Crippen LogP) is 7.79. The third-order valence-electron chi connectivity index (χ3n) is 6.73. The van der Waals surface area contributed by atoms with Gasteiger partial charge in [-0.25, -0.2) is 0 Å². The fourth-order valence-electron chi connectivity index (χ4n) is 5.70. The number of allylic oxidation sites excluding steroid dienone is 8. The maximum atomic E-state index is 2.48. The molecule has 0 bridgehead atoms. The van der Waals surface area contributed by atoms with Gasteiger partial charge in [0, 0.05) is 0 Å². The van der Waals surface area contributed by atoms with Crippen LogP contribution in [0.1, 0.15) is 51.7 Å². The van der Waals surface area contributed by atoms with Crippen LogP contribution in [-0.4, -0.2) is 0 Å². The summed E-state index contributed by atoms with van der Waals surface area (Å²) in [7, 11) is 0. The van der Waals surface area contributed by atoms with Crippen LogP contribution in [0.3, 0.4) is 0 Å². The summed E-state index contributed by atoms with van der Waals surface area (Å²) < 4.78 is 6.08. The summed E-state index contributed by atoms with van der Waals surface area (Å²) in [5, 5.41) is 0. The molecule has 0 nitrogen and oxygen atoms in total. The number of rotatable bonds is 6. The fourth-order valence-corrected chi connectivity index (χ4v) is 21.7. The van der Waals surface area contributed by atoms with E-state index in [4.69, 9.17) is 0 Å². The van der Waals surface area contributed by atoms with Crippen LogP contribution in [0.2, 0.25) is 0 Å². The molecule has 29 heavy (non-hydrogen) atoms. The van der Waals surface area contributed by atoms with Gasteiger partial charge in [-0.3, -0.25) is 0 Å². The van der Waals surface area contributed by atoms with Crippen molar-refractivity contribution < 1.29 is 20.3 Å². The molecule has 2 aliphatic carbocycles. The molecule has 0 saturated carbocycles. The summed E-state index contributed by atoms with van der Waals surface area (Å²) in [4.78, 5) is 0. The van der Waals surface area contributed by atoms with Gasteiger partial charge in [0.2, 0.25) is 0 Å².